The van der Waals surface area contributed by atoms with Crippen molar-refractivity contribution in [1.82, 2.24) is 4.90 Å². The summed E-state index contributed by atoms with van der Waals surface area (Å²) in [5, 5.41) is 0. The van der Waals surface area contributed by atoms with Crippen molar-refractivity contribution in [1.29, 1.82) is 0 Å². The predicted molar refractivity (Wildman–Crippen MR) is 57.3 cm³/mol. The largest absolute Gasteiger partial charge is 0.500 e. The van der Waals surface area contributed by atoms with Gasteiger partial charge in [-0.15, -0.1) is 0 Å². The van der Waals surface area contributed by atoms with E-state index in [9.17, 15) is 4.79 Å². The molecule has 0 spiro atoms. The molecule has 1 rings (SSSR count). The molecular formula is C8H11NO2S2. The fourth-order valence-electron chi connectivity index (χ4n) is 0.915. The number of likely N-dealkylation sites (N-methyl/N-ethyl adjacent to an activating group) is 1. The standard InChI is InChI=1S/C8H11NO2S2/c1-3-9-7(10)6(5-11-4-2)13-8(9)12/h5H,3-4H2,1-2H3/b6-5-. The number of nitrogens with zero attached hydrogens (tertiary/aromatic N) is 1. The van der Waals surface area contributed by atoms with Crippen LogP contribution in [0.2, 0.25) is 0 Å². The number of hydrogen-bond donors (Lipinski definition) is 0. The van der Waals surface area contributed by atoms with Crippen molar-refractivity contribution in [3.05, 3.63) is 11.2 Å². The van der Waals surface area contributed by atoms with Crippen LogP contribution in [0, 0.1) is 0 Å². The van der Waals surface area contributed by atoms with Crippen molar-refractivity contribution in [2.75, 3.05) is 13.2 Å². The van der Waals surface area contributed by atoms with Gasteiger partial charge < -0.3 is 4.74 Å². The van der Waals surface area contributed by atoms with E-state index in [1.54, 1.807) is 4.90 Å². The van der Waals surface area contributed by atoms with E-state index in [1.807, 2.05) is 13.8 Å². The van der Waals surface area contributed by atoms with Gasteiger partial charge in [-0.25, -0.2) is 0 Å². The first-order valence-electron chi connectivity index (χ1n) is 4.06. The lowest BCUT2D eigenvalue weighted by Crippen LogP contribution is -2.27. The van der Waals surface area contributed by atoms with Crippen LogP contribution >= 0.6 is 24.0 Å². The van der Waals surface area contributed by atoms with Crippen LogP contribution in [-0.4, -0.2) is 28.3 Å². The van der Waals surface area contributed by atoms with Gasteiger partial charge in [0.1, 0.15) is 15.5 Å². The smallest absolute Gasteiger partial charge is 0.269 e. The van der Waals surface area contributed by atoms with Gasteiger partial charge in [0.2, 0.25) is 0 Å². The van der Waals surface area contributed by atoms with Crippen LogP contribution in [0.3, 0.4) is 0 Å². The van der Waals surface area contributed by atoms with E-state index in [1.165, 1.54) is 18.0 Å². The van der Waals surface area contributed by atoms with Crippen molar-refractivity contribution in [2.45, 2.75) is 13.8 Å². The van der Waals surface area contributed by atoms with Crippen LogP contribution in [0.1, 0.15) is 13.8 Å². The molecule has 1 fully saturated rings. The molecule has 0 saturated carbocycles. The number of hydrogen-bond acceptors (Lipinski definition) is 4. The van der Waals surface area contributed by atoms with Crippen molar-refractivity contribution in [3.63, 3.8) is 0 Å². The van der Waals surface area contributed by atoms with E-state index in [0.29, 0.717) is 22.4 Å². The quantitative estimate of drug-likeness (QED) is 0.409. The number of thioether (sulfide) groups is 1. The minimum atomic E-state index is -0.0500. The van der Waals surface area contributed by atoms with Gasteiger partial charge in [0.15, 0.2) is 0 Å². The molecule has 0 radical (unpaired) electrons. The minimum Gasteiger partial charge on any atom is -0.500 e. The van der Waals surface area contributed by atoms with Crippen LogP contribution < -0.4 is 0 Å². The highest BCUT2D eigenvalue weighted by Gasteiger charge is 2.30. The van der Waals surface area contributed by atoms with Crippen molar-refractivity contribution >= 4 is 34.2 Å². The Morgan fingerprint density at radius 2 is 2.31 bits per heavy atom. The molecule has 0 aromatic heterocycles. The molecule has 0 aromatic rings. The molecule has 0 unspecified atom stereocenters. The Morgan fingerprint density at radius 3 is 2.77 bits per heavy atom. The number of thiocarbonyl (C=S) groups is 1. The molecule has 13 heavy (non-hydrogen) atoms. The van der Waals surface area contributed by atoms with Crippen molar-refractivity contribution in [3.8, 4) is 0 Å². The maximum atomic E-state index is 11.5. The third-order valence-electron chi connectivity index (χ3n) is 1.55. The summed E-state index contributed by atoms with van der Waals surface area (Å²) >= 11 is 6.31. The van der Waals surface area contributed by atoms with E-state index in [4.69, 9.17) is 17.0 Å². The molecule has 1 aliphatic heterocycles. The second kappa shape index (κ2) is 4.62. The second-order valence-corrected chi connectivity index (χ2v) is 4.03. The van der Waals surface area contributed by atoms with Gasteiger partial charge in [0.05, 0.1) is 6.61 Å². The summed E-state index contributed by atoms with van der Waals surface area (Å²) in [6.07, 6.45) is 1.48. The van der Waals surface area contributed by atoms with Gasteiger partial charge in [-0.1, -0.05) is 24.0 Å². The topological polar surface area (TPSA) is 29.5 Å². The average Bonchev–Trinajstić information content (AvgIpc) is 2.38. The lowest BCUT2D eigenvalue weighted by Gasteiger charge is -2.09. The van der Waals surface area contributed by atoms with Crippen LogP contribution in [0.5, 0.6) is 0 Å². The highest BCUT2D eigenvalue weighted by Crippen LogP contribution is 2.30. The molecule has 0 N–H and O–H groups in total. The van der Waals surface area contributed by atoms with Gasteiger partial charge in [-0.05, 0) is 13.8 Å². The maximum Gasteiger partial charge on any atom is 0.269 e. The Kier molecular flexibility index (Phi) is 3.74. The Hall–Kier alpha value is -0.550. The molecule has 0 aromatic carbocycles. The molecule has 0 bridgehead atoms. The average molecular weight is 217 g/mol. The van der Waals surface area contributed by atoms with Crippen LogP contribution in [0.25, 0.3) is 0 Å². The zero-order valence-electron chi connectivity index (χ0n) is 7.57. The first-order chi connectivity index (χ1) is 6.20. The first kappa shape index (κ1) is 10.5. The molecule has 1 aliphatic rings. The molecular weight excluding hydrogens is 206 g/mol. The molecule has 3 nitrogen and oxygen atoms in total. The van der Waals surface area contributed by atoms with Gasteiger partial charge in [0, 0.05) is 6.54 Å². The third-order valence-corrected chi connectivity index (χ3v) is 2.90. The summed E-state index contributed by atoms with van der Waals surface area (Å²) in [5.74, 6) is -0.0500. The second-order valence-electron chi connectivity index (χ2n) is 2.35. The highest BCUT2D eigenvalue weighted by molar-refractivity contribution is 8.26. The number of carbonyl (C=O) groups is 1. The van der Waals surface area contributed by atoms with E-state index >= 15 is 0 Å². The first-order valence-corrected chi connectivity index (χ1v) is 5.28. The molecule has 1 heterocycles. The summed E-state index contributed by atoms with van der Waals surface area (Å²) in [7, 11) is 0. The molecule has 72 valence electrons. The monoisotopic (exact) mass is 217 g/mol. The van der Waals surface area contributed by atoms with Crippen LogP contribution in [0.4, 0.5) is 0 Å². The molecule has 0 aliphatic carbocycles. The van der Waals surface area contributed by atoms with Crippen LogP contribution in [-0.2, 0) is 9.53 Å². The Morgan fingerprint density at radius 1 is 1.62 bits per heavy atom. The highest BCUT2D eigenvalue weighted by atomic mass is 32.2. The Labute approximate surface area is 87.1 Å². The Balaban J connectivity index is 2.72. The van der Waals surface area contributed by atoms with E-state index < -0.39 is 0 Å². The summed E-state index contributed by atoms with van der Waals surface area (Å²) in [6.45, 7) is 4.95. The molecule has 1 saturated heterocycles. The summed E-state index contributed by atoms with van der Waals surface area (Å²) in [5.41, 5.74) is 0. The van der Waals surface area contributed by atoms with Gasteiger partial charge >= 0.3 is 0 Å². The summed E-state index contributed by atoms with van der Waals surface area (Å²) in [4.78, 5) is 13.7. The predicted octanol–water partition coefficient (Wildman–Crippen LogP) is 1.74. The summed E-state index contributed by atoms with van der Waals surface area (Å²) in [6, 6.07) is 0. The third kappa shape index (κ3) is 2.22. The maximum absolute atomic E-state index is 11.5. The summed E-state index contributed by atoms with van der Waals surface area (Å²) < 4.78 is 5.65. The van der Waals surface area contributed by atoms with E-state index in [-0.39, 0.29) is 5.91 Å². The SMILES string of the molecule is CCO/C=C1\SC(=S)N(CC)C1=O. The van der Waals surface area contributed by atoms with Crippen molar-refractivity contribution in [2.24, 2.45) is 0 Å². The normalized spacial score (nSPS) is 20.2. The van der Waals surface area contributed by atoms with Crippen molar-refractivity contribution < 1.29 is 9.53 Å². The molecule has 1 amide bonds. The Bertz CT molecular complexity index is 263. The number of amides is 1. The zero-order valence-corrected chi connectivity index (χ0v) is 9.20. The van der Waals surface area contributed by atoms with Gasteiger partial charge in [-0.3, -0.25) is 9.69 Å². The molecule has 5 heteroatoms. The minimum absolute atomic E-state index is 0.0500. The lowest BCUT2D eigenvalue weighted by atomic mass is 10.5. The number of ether oxygens (including phenoxy) is 1. The lowest BCUT2D eigenvalue weighted by molar-refractivity contribution is -0.122. The van der Waals surface area contributed by atoms with Gasteiger partial charge in [-0.2, -0.15) is 0 Å². The van der Waals surface area contributed by atoms with Gasteiger partial charge in [0.25, 0.3) is 5.91 Å². The molecule has 0 atom stereocenters. The number of rotatable bonds is 3. The fourth-order valence-corrected chi connectivity index (χ4v) is 2.22. The van der Waals surface area contributed by atoms with Crippen LogP contribution in [0.15, 0.2) is 11.2 Å². The number of carbonyl (C=O) groups excluding carboxylic acids is 1. The van der Waals surface area contributed by atoms with E-state index in [0.717, 1.165) is 0 Å². The zero-order chi connectivity index (χ0) is 9.84. The fraction of sp³-hybridized carbons (Fsp3) is 0.500. The van der Waals surface area contributed by atoms with E-state index in [2.05, 4.69) is 0 Å².